The van der Waals surface area contributed by atoms with E-state index in [4.69, 9.17) is 4.74 Å². The molecule has 10 nitrogen and oxygen atoms in total. The first-order valence-electron chi connectivity index (χ1n) is 10.6. The first-order valence-corrected chi connectivity index (χ1v) is 10.6. The number of hydrogen-bond acceptors (Lipinski definition) is 7. The molecule has 2 saturated heterocycles. The van der Waals surface area contributed by atoms with E-state index < -0.39 is 0 Å². The Kier molecular flexibility index (Phi) is 5.14. The number of morpholine rings is 1. The predicted molar refractivity (Wildman–Crippen MR) is 112 cm³/mol. The van der Waals surface area contributed by atoms with E-state index >= 15 is 0 Å². The molecule has 31 heavy (non-hydrogen) atoms. The van der Waals surface area contributed by atoms with Crippen LogP contribution in [-0.2, 0) is 18.2 Å². The minimum Gasteiger partial charge on any atom is -0.378 e. The monoisotopic (exact) mass is 423 g/mol. The first kappa shape index (κ1) is 19.7. The number of amides is 1. The molecule has 0 saturated carbocycles. The molecule has 2 fully saturated rings. The van der Waals surface area contributed by atoms with Gasteiger partial charge >= 0.3 is 0 Å². The molecule has 5 rings (SSSR count). The second-order valence-corrected chi connectivity index (χ2v) is 7.98. The van der Waals surface area contributed by atoms with Gasteiger partial charge in [-0.25, -0.2) is 4.52 Å². The van der Waals surface area contributed by atoms with E-state index in [0.29, 0.717) is 37.6 Å². The highest BCUT2D eigenvalue weighted by molar-refractivity contribution is 6.07. The van der Waals surface area contributed by atoms with E-state index in [9.17, 15) is 9.59 Å². The van der Waals surface area contributed by atoms with Gasteiger partial charge in [-0.15, -0.1) is 5.10 Å². The maximum atomic E-state index is 13.1. The lowest BCUT2D eigenvalue weighted by Gasteiger charge is -2.26. The Bertz CT molecular complexity index is 1120. The quantitative estimate of drug-likeness (QED) is 0.564. The molecule has 2 aliphatic heterocycles. The number of fused-ring (bicyclic) bond motifs is 1. The molecule has 1 amide bonds. The molecule has 0 radical (unpaired) electrons. The van der Waals surface area contributed by atoms with Gasteiger partial charge in [0.1, 0.15) is 5.69 Å². The highest BCUT2D eigenvalue weighted by atomic mass is 16.5. The molecule has 10 heteroatoms. The molecule has 5 heterocycles. The first-order chi connectivity index (χ1) is 15.1. The second-order valence-electron chi connectivity index (χ2n) is 7.98. The predicted octanol–water partition coefficient (Wildman–Crippen LogP) is 0.961. The smallest absolute Gasteiger partial charge is 0.257 e. The van der Waals surface area contributed by atoms with E-state index in [1.807, 2.05) is 18.3 Å². The molecule has 2 aliphatic rings. The van der Waals surface area contributed by atoms with Crippen LogP contribution in [0.1, 0.15) is 39.3 Å². The van der Waals surface area contributed by atoms with E-state index in [1.54, 1.807) is 16.5 Å². The fourth-order valence-electron chi connectivity index (χ4n) is 4.20. The van der Waals surface area contributed by atoms with Gasteiger partial charge in [0, 0.05) is 45.8 Å². The third-order valence-electron chi connectivity index (χ3n) is 5.87. The summed E-state index contributed by atoms with van der Waals surface area (Å²) < 4.78 is 8.52. The van der Waals surface area contributed by atoms with Crippen LogP contribution in [-0.4, -0.2) is 80.4 Å². The number of aromatic nitrogens is 5. The third kappa shape index (κ3) is 3.78. The number of ether oxygens (including phenoxy) is 1. The van der Waals surface area contributed by atoms with E-state index in [-0.39, 0.29) is 18.1 Å². The molecule has 162 valence electrons. The summed E-state index contributed by atoms with van der Waals surface area (Å²) in [5.41, 5.74) is 2.23. The minimum absolute atomic E-state index is 0.151. The van der Waals surface area contributed by atoms with Crippen molar-refractivity contribution < 1.29 is 14.3 Å². The normalized spacial score (nSPS) is 16.9. The number of anilines is 1. The van der Waals surface area contributed by atoms with Crippen molar-refractivity contribution >= 4 is 23.3 Å². The maximum absolute atomic E-state index is 13.1. The van der Waals surface area contributed by atoms with Gasteiger partial charge in [-0.2, -0.15) is 10.1 Å². The van der Waals surface area contributed by atoms with E-state index in [0.717, 1.165) is 43.1 Å². The number of Topliss-reactive ketones (excluding diaryl/α,β-unsaturated/α-hetero) is 1. The number of nitrogens with zero attached hydrogens (tertiary/aromatic N) is 7. The zero-order valence-corrected chi connectivity index (χ0v) is 17.5. The topological polar surface area (TPSA) is 97.9 Å². The van der Waals surface area contributed by atoms with Crippen molar-refractivity contribution in [2.75, 3.05) is 44.3 Å². The molecule has 0 bridgehead atoms. The largest absolute Gasteiger partial charge is 0.378 e. The Morgan fingerprint density at radius 2 is 1.87 bits per heavy atom. The van der Waals surface area contributed by atoms with Gasteiger partial charge in [0.2, 0.25) is 5.95 Å². The number of carbonyl (C=O) groups excluding carboxylic acids is 2. The van der Waals surface area contributed by atoms with Gasteiger partial charge in [-0.05, 0) is 24.5 Å². The van der Waals surface area contributed by atoms with Gasteiger partial charge in [-0.3, -0.25) is 14.3 Å². The van der Waals surface area contributed by atoms with Crippen LogP contribution in [0.15, 0.2) is 24.5 Å². The third-order valence-corrected chi connectivity index (χ3v) is 5.87. The summed E-state index contributed by atoms with van der Waals surface area (Å²) in [6.45, 7) is 4.00. The highest BCUT2D eigenvalue weighted by Crippen LogP contribution is 2.19. The van der Waals surface area contributed by atoms with Crippen LogP contribution in [0.3, 0.4) is 0 Å². The summed E-state index contributed by atoms with van der Waals surface area (Å²) in [5, 5.41) is 8.76. The van der Waals surface area contributed by atoms with Gasteiger partial charge in [0.15, 0.2) is 11.4 Å². The molecule has 0 unspecified atom stereocenters. The number of ketones is 1. The standard InChI is InChI=1S/C21H25N7O3/c1-25-19(16(13-22-25)20(30)26-8-10-31-11-9-26)17(29)12-15-4-5-18-23-21(24-28(18)14-15)27-6-2-3-7-27/h4-5,13-14H,2-3,6-12H2,1H3. The fourth-order valence-corrected chi connectivity index (χ4v) is 4.20. The van der Waals surface area contributed by atoms with Crippen LogP contribution in [0.4, 0.5) is 5.95 Å². The highest BCUT2D eigenvalue weighted by Gasteiger charge is 2.27. The van der Waals surface area contributed by atoms with Crippen molar-refractivity contribution in [2.24, 2.45) is 7.05 Å². The molecule has 0 aliphatic carbocycles. The van der Waals surface area contributed by atoms with E-state index in [1.165, 1.54) is 10.9 Å². The maximum Gasteiger partial charge on any atom is 0.257 e. The molecule has 0 N–H and O–H groups in total. The lowest BCUT2D eigenvalue weighted by Crippen LogP contribution is -2.41. The lowest BCUT2D eigenvalue weighted by molar-refractivity contribution is 0.0301. The van der Waals surface area contributed by atoms with Crippen molar-refractivity contribution in [2.45, 2.75) is 19.3 Å². The van der Waals surface area contributed by atoms with E-state index in [2.05, 4.69) is 20.1 Å². The SMILES string of the molecule is Cn1ncc(C(=O)N2CCOCC2)c1C(=O)Cc1ccc2nc(N3CCCC3)nn2c1. The van der Waals surface area contributed by atoms with Crippen molar-refractivity contribution in [3.63, 3.8) is 0 Å². The number of pyridine rings is 1. The Labute approximate surface area is 179 Å². The van der Waals surface area contributed by atoms with Gasteiger partial charge in [-0.1, -0.05) is 6.07 Å². The van der Waals surface area contributed by atoms with Crippen molar-refractivity contribution in [3.8, 4) is 0 Å². The molecule has 3 aromatic rings. The van der Waals surface area contributed by atoms with Crippen molar-refractivity contribution in [1.29, 1.82) is 0 Å². The molecular weight excluding hydrogens is 398 g/mol. The van der Waals surface area contributed by atoms with Crippen LogP contribution in [0.5, 0.6) is 0 Å². The number of carbonyl (C=O) groups is 2. The van der Waals surface area contributed by atoms with Gasteiger partial charge < -0.3 is 14.5 Å². The summed E-state index contributed by atoms with van der Waals surface area (Å²) in [6, 6.07) is 3.76. The Balaban J connectivity index is 1.37. The molecule has 0 atom stereocenters. The minimum atomic E-state index is -0.179. The molecular formula is C21H25N7O3. The summed E-state index contributed by atoms with van der Waals surface area (Å²) in [4.78, 5) is 34.5. The van der Waals surface area contributed by atoms with Crippen LogP contribution in [0, 0.1) is 0 Å². The summed E-state index contributed by atoms with van der Waals surface area (Å²) in [5.74, 6) is 0.392. The zero-order valence-electron chi connectivity index (χ0n) is 17.5. The Morgan fingerprint density at radius 3 is 2.65 bits per heavy atom. The van der Waals surface area contributed by atoms with Crippen molar-refractivity contribution in [3.05, 3.63) is 41.3 Å². The van der Waals surface area contributed by atoms with Crippen LogP contribution < -0.4 is 4.90 Å². The molecule has 3 aromatic heterocycles. The average molecular weight is 423 g/mol. The lowest BCUT2D eigenvalue weighted by atomic mass is 10.1. The second kappa shape index (κ2) is 8.10. The Hall–Kier alpha value is -3.27. The number of aryl methyl sites for hydroxylation is 1. The zero-order chi connectivity index (χ0) is 21.4. The van der Waals surface area contributed by atoms with Crippen LogP contribution in [0.2, 0.25) is 0 Å². The Morgan fingerprint density at radius 1 is 1.10 bits per heavy atom. The fraction of sp³-hybridized carbons (Fsp3) is 0.476. The van der Waals surface area contributed by atoms with Crippen molar-refractivity contribution in [1.82, 2.24) is 29.3 Å². The van der Waals surface area contributed by atoms with Crippen LogP contribution in [0.25, 0.3) is 5.65 Å². The number of hydrogen-bond donors (Lipinski definition) is 0. The van der Waals surface area contributed by atoms with Gasteiger partial charge in [0.25, 0.3) is 5.91 Å². The number of rotatable bonds is 5. The summed E-state index contributed by atoms with van der Waals surface area (Å²) in [6.07, 6.45) is 5.78. The average Bonchev–Trinajstić information content (AvgIpc) is 3.52. The molecule has 0 aromatic carbocycles. The summed E-state index contributed by atoms with van der Waals surface area (Å²) >= 11 is 0. The molecule has 0 spiro atoms. The summed E-state index contributed by atoms with van der Waals surface area (Å²) in [7, 11) is 1.69. The van der Waals surface area contributed by atoms with Gasteiger partial charge in [0.05, 0.1) is 25.0 Å². The van der Waals surface area contributed by atoms with Crippen LogP contribution >= 0.6 is 0 Å².